The Hall–Kier alpha value is -4.36. The van der Waals surface area contributed by atoms with Crippen molar-refractivity contribution in [3.05, 3.63) is 112 Å². The van der Waals surface area contributed by atoms with Crippen LogP contribution in [0.5, 0.6) is 0 Å². The minimum atomic E-state index is -5.50. The van der Waals surface area contributed by atoms with Crippen molar-refractivity contribution in [2.45, 2.75) is 24.4 Å². The third kappa shape index (κ3) is 8.52. The SMILES string of the molecule is O=C(NNc1c([N+](=O)[O-])cc(C(F)(F)F)cc1[N+](=O)[O-])c1ccc(C(F)=CC(c2cc(Cl)c(Cl)c(Cl)c2)C(F)(F)F)cc1C(F)(F)F. The lowest BCUT2D eigenvalue weighted by Crippen LogP contribution is -2.32. The highest BCUT2D eigenvalue weighted by Crippen LogP contribution is 2.44. The summed E-state index contributed by atoms with van der Waals surface area (Å²) < 4.78 is 138. The molecule has 0 fully saturated rings. The van der Waals surface area contributed by atoms with Crippen molar-refractivity contribution < 1.29 is 58.5 Å². The lowest BCUT2D eigenvalue weighted by Gasteiger charge is -2.19. The number of amides is 1. The van der Waals surface area contributed by atoms with E-state index in [9.17, 15) is 64.5 Å². The number of nitro groups is 2. The van der Waals surface area contributed by atoms with Gasteiger partial charge in [0, 0.05) is 17.7 Å². The number of benzene rings is 3. The Balaban J connectivity index is 2.05. The van der Waals surface area contributed by atoms with Crippen LogP contribution in [0.4, 0.5) is 61.0 Å². The van der Waals surface area contributed by atoms with Gasteiger partial charge in [-0.1, -0.05) is 40.9 Å². The summed E-state index contributed by atoms with van der Waals surface area (Å²) in [5, 5.41) is 21.4. The molecule has 0 aliphatic heterocycles. The highest BCUT2D eigenvalue weighted by molar-refractivity contribution is 6.48. The third-order valence-electron chi connectivity index (χ3n) is 5.99. The second-order valence-electron chi connectivity index (χ2n) is 9.07. The van der Waals surface area contributed by atoms with Crippen LogP contribution in [0, 0.1) is 20.2 Å². The van der Waals surface area contributed by atoms with Gasteiger partial charge >= 0.3 is 29.9 Å². The molecular formula is C25H11Cl3F10N4O5. The van der Waals surface area contributed by atoms with Crippen molar-refractivity contribution in [1.29, 1.82) is 0 Å². The first-order valence-electron chi connectivity index (χ1n) is 11.8. The van der Waals surface area contributed by atoms with Crippen LogP contribution >= 0.6 is 34.8 Å². The first-order chi connectivity index (χ1) is 21.4. The number of hydrogen-bond donors (Lipinski definition) is 2. The van der Waals surface area contributed by atoms with Gasteiger partial charge in [-0.25, -0.2) is 4.39 Å². The molecular weight excluding hydrogens is 733 g/mol. The zero-order valence-electron chi connectivity index (χ0n) is 22.0. The van der Waals surface area contributed by atoms with E-state index < -0.39 is 101 Å². The second kappa shape index (κ2) is 13.4. The normalized spacial score (nSPS) is 13.3. The molecule has 1 unspecified atom stereocenters. The molecule has 2 N–H and O–H groups in total. The van der Waals surface area contributed by atoms with Crippen LogP contribution in [0.2, 0.25) is 15.1 Å². The molecule has 252 valence electrons. The number of anilines is 1. The van der Waals surface area contributed by atoms with Crippen molar-refractivity contribution in [3.8, 4) is 0 Å². The minimum Gasteiger partial charge on any atom is -0.286 e. The number of nitrogens with one attached hydrogen (secondary N) is 2. The van der Waals surface area contributed by atoms with Gasteiger partial charge in [0.05, 0.1) is 41.6 Å². The number of carbonyl (C=O) groups is 1. The molecule has 1 atom stereocenters. The fourth-order valence-corrected chi connectivity index (χ4v) is 4.49. The quantitative estimate of drug-likeness (QED) is 0.102. The van der Waals surface area contributed by atoms with Crippen LogP contribution in [0.1, 0.15) is 38.5 Å². The number of alkyl halides is 9. The number of nitro benzene ring substituents is 2. The average Bonchev–Trinajstić information content (AvgIpc) is 2.94. The van der Waals surface area contributed by atoms with Gasteiger partial charge in [0.25, 0.3) is 5.91 Å². The van der Waals surface area contributed by atoms with E-state index >= 15 is 4.39 Å². The molecule has 0 saturated heterocycles. The van der Waals surface area contributed by atoms with Gasteiger partial charge in [0.1, 0.15) is 11.7 Å². The summed E-state index contributed by atoms with van der Waals surface area (Å²) >= 11 is 17.2. The van der Waals surface area contributed by atoms with Crippen molar-refractivity contribution >= 4 is 63.6 Å². The Morgan fingerprint density at radius 3 is 1.74 bits per heavy atom. The molecule has 0 bridgehead atoms. The van der Waals surface area contributed by atoms with E-state index in [1.807, 2.05) is 0 Å². The zero-order chi connectivity index (χ0) is 35.8. The smallest absolute Gasteiger partial charge is 0.286 e. The van der Waals surface area contributed by atoms with Crippen LogP contribution in [-0.2, 0) is 12.4 Å². The lowest BCUT2D eigenvalue weighted by molar-refractivity contribution is -0.392. The molecule has 3 rings (SSSR count). The van der Waals surface area contributed by atoms with Crippen LogP contribution in [0.15, 0.2) is 48.5 Å². The Labute approximate surface area is 269 Å². The largest absolute Gasteiger partial charge is 0.417 e. The molecule has 0 aliphatic rings. The summed E-state index contributed by atoms with van der Waals surface area (Å²) in [6.45, 7) is 0. The molecule has 0 aliphatic carbocycles. The van der Waals surface area contributed by atoms with E-state index in [2.05, 4.69) is 0 Å². The first kappa shape index (κ1) is 37.1. The van der Waals surface area contributed by atoms with Gasteiger partial charge < -0.3 is 0 Å². The number of hydrogen-bond acceptors (Lipinski definition) is 6. The van der Waals surface area contributed by atoms with Gasteiger partial charge in [0.15, 0.2) is 0 Å². The molecule has 3 aromatic rings. The summed E-state index contributed by atoms with van der Waals surface area (Å²) in [6, 6.07) is 1.79. The van der Waals surface area contributed by atoms with Crippen molar-refractivity contribution in [1.82, 2.24) is 5.43 Å². The summed E-state index contributed by atoms with van der Waals surface area (Å²) in [4.78, 5) is 32.3. The number of hydrazine groups is 1. The fraction of sp³-hybridized carbons (Fsp3) is 0.160. The standard InChI is InChI=1S/C25H11Cl3F10N4O5/c26-15-4-10(5-16(27)20(15)28)13(24(33,34)35)8-17(29)9-1-2-12(14(3-9)25(36,37)38)22(43)40-39-21-18(41(44)45)6-11(23(30,31)32)7-19(21)42(46)47/h1-8,13,39H,(H,40,43). The molecule has 0 radical (unpaired) electrons. The first-order valence-corrected chi connectivity index (χ1v) is 13.0. The topological polar surface area (TPSA) is 127 Å². The Kier molecular flexibility index (Phi) is 10.6. The highest BCUT2D eigenvalue weighted by atomic mass is 35.5. The Bertz CT molecular complexity index is 1740. The van der Waals surface area contributed by atoms with Crippen molar-refractivity contribution in [3.63, 3.8) is 0 Å². The summed E-state index contributed by atoms with van der Waals surface area (Å²) in [6.07, 6.45) is -16.1. The van der Waals surface area contributed by atoms with E-state index in [-0.39, 0.29) is 35.4 Å². The van der Waals surface area contributed by atoms with E-state index in [0.29, 0.717) is 18.2 Å². The molecule has 0 spiro atoms. The molecule has 3 aromatic carbocycles. The predicted molar refractivity (Wildman–Crippen MR) is 147 cm³/mol. The molecule has 9 nitrogen and oxygen atoms in total. The van der Waals surface area contributed by atoms with Crippen LogP contribution in [0.3, 0.4) is 0 Å². The van der Waals surface area contributed by atoms with E-state index in [4.69, 9.17) is 34.8 Å². The molecule has 0 aromatic heterocycles. The lowest BCUT2D eigenvalue weighted by atomic mass is 9.95. The number of halogens is 13. The molecule has 0 heterocycles. The van der Waals surface area contributed by atoms with Gasteiger partial charge in [-0.15, -0.1) is 0 Å². The van der Waals surface area contributed by atoms with E-state index in [0.717, 1.165) is 0 Å². The number of carbonyl (C=O) groups excluding carboxylic acids is 1. The van der Waals surface area contributed by atoms with Crippen LogP contribution < -0.4 is 10.9 Å². The van der Waals surface area contributed by atoms with Crippen molar-refractivity contribution in [2.24, 2.45) is 0 Å². The zero-order valence-corrected chi connectivity index (χ0v) is 24.3. The van der Waals surface area contributed by atoms with E-state index in [1.165, 1.54) is 5.43 Å². The Morgan fingerprint density at radius 1 is 0.809 bits per heavy atom. The second-order valence-corrected chi connectivity index (χ2v) is 10.3. The summed E-state index contributed by atoms with van der Waals surface area (Å²) in [7, 11) is 0. The maximum absolute atomic E-state index is 15.1. The number of allylic oxidation sites excluding steroid dienone is 1. The molecule has 47 heavy (non-hydrogen) atoms. The van der Waals surface area contributed by atoms with Crippen molar-refractivity contribution in [2.75, 3.05) is 5.43 Å². The fourth-order valence-electron chi connectivity index (χ4n) is 3.88. The van der Waals surface area contributed by atoms with Gasteiger partial charge in [-0.2, -0.15) is 39.5 Å². The van der Waals surface area contributed by atoms with Gasteiger partial charge in [0.2, 0.25) is 5.69 Å². The third-order valence-corrected chi connectivity index (χ3v) is 7.19. The average molecular weight is 744 g/mol. The molecule has 0 saturated carbocycles. The van der Waals surface area contributed by atoms with Crippen LogP contribution in [0.25, 0.3) is 5.83 Å². The summed E-state index contributed by atoms with van der Waals surface area (Å²) in [5.41, 5.74) is -8.62. The predicted octanol–water partition coefficient (Wildman–Crippen LogP) is 9.91. The van der Waals surface area contributed by atoms with Gasteiger partial charge in [-0.3, -0.25) is 35.9 Å². The van der Waals surface area contributed by atoms with Gasteiger partial charge in [-0.05, 0) is 35.9 Å². The van der Waals surface area contributed by atoms with Crippen LogP contribution in [-0.4, -0.2) is 21.9 Å². The molecule has 22 heteroatoms. The number of rotatable bonds is 8. The number of nitrogens with zero attached hydrogens (tertiary/aromatic N) is 2. The highest BCUT2D eigenvalue weighted by Gasteiger charge is 2.42. The maximum atomic E-state index is 15.1. The maximum Gasteiger partial charge on any atom is 0.417 e. The Morgan fingerprint density at radius 2 is 1.32 bits per heavy atom. The minimum absolute atomic E-state index is 0.0565. The van der Waals surface area contributed by atoms with E-state index in [1.54, 1.807) is 5.43 Å². The summed E-state index contributed by atoms with van der Waals surface area (Å²) in [5.74, 6) is -6.52. The monoisotopic (exact) mass is 742 g/mol. The molecule has 1 amide bonds.